The maximum Gasteiger partial charge on any atom is 0.163 e. The van der Waals surface area contributed by atoms with Gasteiger partial charge in [0.2, 0.25) is 0 Å². The van der Waals surface area contributed by atoms with E-state index >= 15 is 0 Å². The van der Waals surface area contributed by atoms with Gasteiger partial charge in [-0.25, -0.2) is 0 Å². The maximum absolute atomic E-state index is 12.1. The Labute approximate surface area is 144 Å². The monoisotopic (exact) mass is 323 g/mol. The van der Waals surface area contributed by atoms with Gasteiger partial charge in [-0.15, -0.1) is 0 Å². The molecule has 0 radical (unpaired) electrons. The fourth-order valence-corrected chi connectivity index (χ4v) is 3.18. The average Bonchev–Trinajstić information content (AvgIpc) is 2.60. The van der Waals surface area contributed by atoms with Crippen molar-refractivity contribution in [3.05, 3.63) is 65.2 Å². The van der Waals surface area contributed by atoms with Crippen LogP contribution < -0.4 is 4.74 Å². The number of aryl methyl sites for hydroxylation is 1. The summed E-state index contributed by atoms with van der Waals surface area (Å²) in [6.45, 7) is 0.948. The Morgan fingerprint density at radius 2 is 1.88 bits per heavy atom. The minimum absolute atomic E-state index is 0.00894. The van der Waals surface area contributed by atoms with Crippen LogP contribution in [0.25, 0.3) is 0 Å². The van der Waals surface area contributed by atoms with Gasteiger partial charge in [-0.05, 0) is 50.2 Å². The van der Waals surface area contributed by atoms with Crippen LogP contribution in [0.3, 0.4) is 0 Å². The van der Waals surface area contributed by atoms with Crippen LogP contribution in [-0.2, 0) is 6.42 Å². The zero-order valence-corrected chi connectivity index (χ0v) is 14.5. The number of nitrogens with zero attached hydrogens (tertiary/aromatic N) is 1. The third-order valence-electron chi connectivity index (χ3n) is 4.52. The van der Waals surface area contributed by atoms with Crippen molar-refractivity contribution in [1.29, 1.82) is 0 Å². The zero-order chi connectivity index (χ0) is 16.9. The van der Waals surface area contributed by atoms with Gasteiger partial charge >= 0.3 is 0 Å². The molecule has 0 aliphatic heterocycles. The number of fused-ring (bicyclic) bond motifs is 1. The van der Waals surface area contributed by atoms with Gasteiger partial charge in [0, 0.05) is 24.9 Å². The largest absolute Gasteiger partial charge is 0.486 e. The molecule has 0 fully saturated rings. The summed E-state index contributed by atoms with van der Waals surface area (Å²) in [5.74, 6) is 1.03. The fraction of sp³-hybridized carbons (Fsp3) is 0.381. The summed E-state index contributed by atoms with van der Waals surface area (Å²) in [6, 6.07) is 16.3. The Balaban J connectivity index is 1.82. The third kappa shape index (κ3) is 4.04. The highest BCUT2D eigenvalue weighted by Crippen LogP contribution is 2.29. The molecule has 1 aliphatic rings. The first kappa shape index (κ1) is 16.7. The molecule has 3 heteroatoms. The molecule has 3 rings (SSSR count). The summed E-state index contributed by atoms with van der Waals surface area (Å²) < 4.78 is 6.29. The predicted molar refractivity (Wildman–Crippen MR) is 96.7 cm³/mol. The Bertz CT molecular complexity index is 694. The zero-order valence-electron chi connectivity index (χ0n) is 14.5. The molecule has 2 aromatic carbocycles. The Kier molecular flexibility index (Phi) is 5.31. The molecule has 0 aromatic heterocycles. The van der Waals surface area contributed by atoms with Crippen LogP contribution in [0.4, 0.5) is 0 Å². The molecule has 0 heterocycles. The van der Waals surface area contributed by atoms with Gasteiger partial charge < -0.3 is 9.64 Å². The first-order valence-corrected chi connectivity index (χ1v) is 8.66. The Hall–Kier alpha value is -2.13. The minimum Gasteiger partial charge on any atom is -0.486 e. The Morgan fingerprint density at radius 3 is 2.62 bits per heavy atom. The van der Waals surface area contributed by atoms with E-state index in [2.05, 4.69) is 37.2 Å². The molecule has 126 valence electrons. The van der Waals surface area contributed by atoms with Crippen molar-refractivity contribution in [1.82, 2.24) is 4.90 Å². The highest BCUT2D eigenvalue weighted by molar-refractivity contribution is 5.98. The van der Waals surface area contributed by atoms with E-state index in [0.29, 0.717) is 6.42 Å². The van der Waals surface area contributed by atoms with Gasteiger partial charge in [-0.1, -0.05) is 36.4 Å². The summed E-state index contributed by atoms with van der Waals surface area (Å²) >= 11 is 0. The number of benzene rings is 2. The third-order valence-corrected chi connectivity index (χ3v) is 4.52. The van der Waals surface area contributed by atoms with Crippen molar-refractivity contribution >= 4 is 5.78 Å². The smallest absolute Gasteiger partial charge is 0.163 e. The van der Waals surface area contributed by atoms with Crippen LogP contribution in [0.5, 0.6) is 5.75 Å². The molecule has 0 spiro atoms. The molecule has 1 unspecified atom stereocenters. The molecule has 3 nitrogen and oxygen atoms in total. The van der Waals surface area contributed by atoms with E-state index in [9.17, 15) is 4.79 Å². The van der Waals surface area contributed by atoms with Crippen molar-refractivity contribution in [2.75, 3.05) is 20.6 Å². The number of hydrogen-bond acceptors (Lipinski definition) is 3. The SMILES string of the molecule is CN(C)CCC(Oc1ccc2c(c1)C(=O)CCC2)c1ccccc1. The number of ether oxygens (including phenoxy) is 1. The van der Waals surface area contributed by atoms with Crippen LogP contribution in [0, 0.1) is 0 Å². The van der Waals surface area contributed by atoms with Crippen LogP contribution in [0.15, 0.2) is 48.5 Å². The predicted octanol–water partition coefficient (Wildman–Crippen LogP) is 4.28. The number of carbonyl (C=O) groups excluding carboxylic acids is 1. The van der Waals surface area contributed by atoms with Crippen molar-refractivity contribution < 1.29 is 9.53 Å². The number of carbonyl (C=O) groups is 1. The van der Waals surface area contributed by atoms with Crippen LogP contribution >= 0.6 is 0 Å². The second-order valence-electron chi connectivity index (χ2n) is 6.70. The van der Waals surface area contributed by atoms with Crippen LogP contribution in [-0.4, -0.2) is 31.3 Å². The standard InChI is InChI=1S/C21H25NO2/c1-22(2)14-13-21(17-7-4-3-5-8-17)24-18-12-11-16-9-6-10-20(23)19(16)15-18/h3-5,7-8,11-12,15,21H,6,9-10,13-14H2,1-2H3. The van der Waals surface area contributed by atoms with Gasteiger partial charge in [-0.3, -0.25) is 4.79 Å². The molecule has 0 N–H and O–H groups in total. The first-order chi connectivity index (χ1) is 11.6. The molecule has 1 atom stereocenters. The van der Waals surface area contributed by atoms with E-state index in [1.54, 1.807) is 0 Å². The van der Waals surface area contributed by atoms with Gasteiger partial charge in [-0.2, -0.15) is 0 Å². The van der Waals surface area contributed by atoms with Crippen molar-refractivity contribution in [3.8, 4) is 5.75 Å². The second kappa shape index (κ2) is 7.63. The van der Waals surface area contributed by atoms with Gasteiger partial charge in [0.1, 0.15) is 11.9 Å². The van der Waals surface area contributed by atoms with Crippen molar-refractivity contribution in [2.24, 2.45) is 0 Å². The van der Waals surface area contributed by atoms with E-state index in [4.69, 9.17) is 4.74 Å². The fourth-order valence-electron chi connectivity index (χ4n) is 3.18. The quantitative estimate of drug-likeness (QED) is 0.795. The molecule has 0 amide bonds. The van der Waals surface area contributed by atoms with E-state index in [-0.39, 0.29) is 11.9 Å². The molecule has 0 saturated carbocycles. The molecule has 24 heavy (non-hydrogen) atoms. The lowest BCUT2D eigenvalue weighted by Crippen LogP contribution is -2.19. The molecular formula is C21H25NO2. The molecule has 0 bridgehead atoms. The summed E-state index contributed by atoms with van der Waals surface area (Å²) in [7, 11) is 4.14. The normalized spacial score (nSPS) is 15.2. The summed E-state index contributed by atoms with van der Waals surface area (Å²) in [6.07, 6.45) is 3.50. The number of Topliss-reactive ketones (excluding diaryl/α,β-unsaturated/α-hetero) is 1. The summed E-state index contributed by atoms with van der Waals surface area (Å²) in [5.41, 5.74) is 3.17. The first-order valence-electron chi connectivity index (χ1n) is 8.66. The van der Waals surface area contributed by atoms with Gasteiger partial charge in [0.25, 0.3) is 0 Å². The molecule has 0 saturated heterocycles. The van der Waals surface area contributed by atoms with E-state index in [1.165, 1.54) is 5.56 Å². The molecule has 2 aromatic rings. The number of rotatable bonds is 6. The Morgan fingerprint density at radius 1 is 1.08 bits per heavy atom. The topological polar surface area (TPSA) is 29.5 Å². The van der Waals surface area contributed by atoms with E-state index in [1.807, 2.05) is 30.3 Å². The van der Waals surface area contributed by atoms with E-state index in [0.717, 1.165) is 42.7 Å². The summed E-state index contributed by atoms with van der Waals surface area (Å²) in [5, 5.41) is 0. The molecular weight excluding hydrogens is 298 g/mol. The van der Waals surface area contributed by atoms with Crippen molar-refractivity contribution in [3.63, 3.8) is 0 Å². The summed E-state index contributed by atoms with van der Waals surface area (Å²) in [4.78, 5) is 14.3. The maximum atomic E-state index is 12.1. The number of hydrogen-bond donors (Lipinski definition) is 0. The lowest BCUT2D eigenvalue weighted by atomic mass is 9.90. The average molecular weight is 323 g/mol. The van der Waals surface area contributed by atoms with Crippen LogP contribution in [0.1, 0.15) is 46.9 Å². The minimum atomic E-state index is -0.00894. The van der Waals surface area contributed by atoms with Crippen molar-refractivity contribution in [2.45, 2.75) is 31.8 Å². The second-order valence-corrected chi connectivity index (χ2v) is 6.70. The van der Waals surface area contributed by atoms with Gasteiger partial charge in [0.05, 0.1) is 0 Å². The lowest BCUT2D eigenvalue weighted by Gasteiger charge is -2.23. The lowest BCUT2D eigenvalue weighted by molar-refractivity contribution is 0.0971. The highest BCUT2D eigenvalue weighted by Gasteiger charge is 2.19. The highest BCUT2D eigenvalue weighted by atomic mass is 16.5. The van der Waals surface area contributed by atoms with E-state index < -0.39 is 0 Å². The molecule has 1 aliphatic carbocycles. The number of ketones is 1. The van der Waals surface area contributed by atoms with Crippen LogP contribution in [0.2, 0.25) is 0 Å². The van der Waals surface area contributed by atoms with Gasteiger partial charge in [0.15, 0.2) is 5.78 Å².